The molecule has 2 heterocycles. The fourth-order valence-electron chi connectivity index (χ4n) is 4.49. The van der Waals surface area contributed by atoms with Crippen LogP contribution in [0.2, 0.25) is 0 Å². The smallest absolute Gasteiger partial charge is 0.295 e. The predicted molar refractivity (Wildman–Crippen MR) is 195 cm³/mol. The first kappa shape index (κ1) is 39.2. The van der Waals surface area contributed by atoms with Crippen molar-refractivity contribution in [2.24, 2.45) is 10.2 Å². The monoisotopic (exact) mass is 751 g/mol. The molecule has 0 saturated heterocycles. The molecule has 2 aromatic heterocycles. The minimum absolute atomic E-state index is 0.192. The number of pyridine rings is 2. The summed E-state index contributed by atoms with van der Waals surface area (Å²) in [5, 5.41) is 16.9. The molecule has 0 unspecified atom stereocenters. The van der Waals surface area contributed by atoms with Crippen LogP contribution in [0, 0.1) is 0 Å². The molecule has 2 amide bonds. The number of hydrogen-bond acceptors (Lipinski definition) is 13. The van der Waals surface area contributed by atoms with E-state index in [4.69, 9.17) is 0 Å². The molecule has 0 saturated carbocycles. The lowest BCUT2D eigenvalue weighted by Crippen LogP contribution is -2.28. The van der Waals surface area contributed by atoms with Gasteiger partial charge < -0.3 is 16.0 Å². The summed E-state index contributed by atoms with van der Waals surface area (Å²) in [4.78, 5) is 32.6. The highest BCUT2D eigenvalue weighted by Gasteiger charge is 2.14. The van der Waals surface area contributed by atoms with Crippen molar-refractivity contribution in [2.45, 2.75) is 29.1 Å². The lowest BCUT2D eigenvalue weighted by Gasteiger charge is -2.08. The molecule has 4 aromatic rings. The number of benzene rings is 2. The first-order chi connectivity index (χ1) is 24.9. The van der Waals surface area contributed by atoms with Gasteiger partial charge in [0.2, 0.25) is 0 Å². The first-order valence-electron chi connectivity index (χ1n) is 15.8. The summed E-state index contributed by atoms with van der Waals surface area (Å²) in [5.41, 5.74) is 6.40. The van der Waals surface area contributed by atoms with Crippen LogP contribution >= 0.6 is 0 Å². The Kier molecular flexibility index (Phi) is 14.4. The Bertz CT molecular complexity index is 1940. The summed E-state index contributed by atoms with van der Waals surface area (Å²) in [6.07, 6.45) is 7.53. The van der Waals surface area contributed by atoms with Gasteiger partial charge in [-0.15, -0.1) is 0 Å². The van der Waals surface area contributed by atoms with Crippen LogP contribution in [-0.2, 0) is 20.2 Å². The molecular formula is C33H37N9O8S2. The Balaban J connectivity index is 1.04. The maximum absolute atomic E-state index is 12.4. The standard InChI is InChI=1S/C33H37N9O8S2/c43-32(26-12-14-30(37-20-26)41-39-22-24-8-1-3-10-28(24)51(45,46)47)35-18-6-5-16-34-17-7-19-36-33(44)27-13-15-31(38-21-27)42-40-23-25-9-2-4-11-29(25)52(48,49)50/h1-4,8-15,20-23,34H,5-7,16-19H2,(H,35,43)(H,36,44)(H,37,41)(H,38,42)(H,45,46,47)(H,48,49,50). The van der Waals surface area contributed by atoms with E-state index in [2.05, 4.69) is 47.0 Å². The summed E-state index contributed by atoms with van der Waals surface area (Å²) >= 11 is 0. The van der Waals surface area contributed by atoms with Gasteiger partial charge in [-0.2, -0.15) is 27.0 Å². The van der Waals surface area contributed by atoms with Crippen LogP contribution in [0.1, 0.15) is 51.1 Å². The van der Waals surface area contributed by atoms with E-state index in [0.29, 0.717) is 48.8 Å². The summed E-state index contributed by atoms with van der Waals surface area (Å²) in [6, 6.07) is 17.9. The number of hydrazone groups is 2. The van der Waals surface area contributed by atoms with Gasteiger partial charge in [-0.25, -0.2) is 9.97 Å². The fraction of sp³-hybridized carbons (Fsp3) is 0.212. The van der Waals surface area contributed by atoms with E-state index < -0.39 is 20.2 Å². The van der Waals surface area contributed by atoms with Crippen LogP contribution in [-0.4, -0.2) is 86.3 Å². The van der Waals surface area contributed by atoms with Crippen molar-refractivity contribution in [3.8, 4) is 0 Å². The van der Waals surface area contributed by atoms with Gasteiger partial charge >= 0.3 is 0 Å². The second kappa shape index (κ2) is 19.1. The number of hydrogen-bond donors (Lipinski definition) is 7. The molecule has 274 valence electrons. The zero-order valence-corrected chi connectivity index (χ0v) is 29.3. The Morgan fingerprint density at radius 3 is 1.46 bits per heavy atom. The van der Waals surface area contributed by atoms with Gasteiger partial charge in [0.25, 0.3) is 32.1 Å². The van der Waals surface area contributed by atoms with Crippen LogP contribution in [0.4, 0.5) is 11.6 Å². The minimum atomic E-state index is -4.40. The molecular weight excluding hydrogens is 715 g/mol. The average Bonchev–Trinajstić information content (AvgIpc) is 3.12. The average molecular weight is 752 g/mol. The third-order valence-corrected chi connectivity index (χ3v) is 8.95. The lowest BCUT2D eigenvalue weighted by molar-refractivity contribution is 0.0944. The normalized spacial score (nSPS) is 11.8. The molecule has 0 fully saturated rings. The Morgan fingerprint density at radius 1 is 0.596 bits per heavy atom. The van der Waals surface area contributed by atoms with Crippen LogP contribution in [0.25, 0.3) is 0 Å². The highest BCUT2D eigenvalue weighted by Crippen LogP contribution is 2.14. The maximum Gasteiger partial charge on any atom is 0.295 e. The highest BCUT2D eigenvalue weighted by atomic mass is 32.2. The van der Waals surface area contributed by atoms with E-state index in [9.17, 15) is 35.5 Å². The van der Waals surface area contributed by atoms with E-state index >= 15 is 0 Å². The largest absolute Gasteiger partial charge is 0.352 e. The number of carbonyl (C=O) groups excluding carboxylic acids is 2. The van der Waals surface area contributed by atoms with Crippen molar-refractivity contribution in [2.75, 3.05) is 37.0 Å². The van der Waals surface area contributed by atoms with Crippen LogP contribution in [0.5, 0.6) is 0 Å². The second-order valence-corrected chi connectivity index (χ2v) is 13.7. The number of nitrogens with one attached hydrogen (secondary N) is 5. The molecule has 17 nitrogen and oxygen atoms in total. The van der Waals surface area contributed by atoms with Gasteiger partial charge in [-0.3, -0.25) is 29.5 Å². The zero-order valence-electron chi connectivity index (χ0n) is 27.6. The van der Waals surface area contributed by atoms with Crippen LogP contribution in [0.15, 0.2) is 105 Å². The molecule has 0 radical (unpaired) electrons. The fourth-order valence-corrected chi connectivity index (χ4v) is 5.83. The molecule has 0 bridgehead atoms. The summed E-state index contributed by atoms with van der Waals surface area (Å²) < 4.78 is 64.6. The number of unbranched alkanes of at least 4 members (excludes halogenated alkanes) is 1. The molecule has 0 aliphatic carbocycles. The number of anilines is 2. The topological polar surface area (TPSA) is 254 Å². The third-order valence-electron chi connectivity index (χ3n) is 7.09. The van der Waals surface area contributed by atoms with Crippen LogP contribution < -0.4 is 26.8 Å². The number of carbonyl (C=O) groups is 2. The van der Waals surface area contributed by atoms with Crippen molar-refractivity contribution >= 4 is 56.1 Å². The third kappa shape index (κ3) is 12.6. The van der Waals surface area contributed by atoms with Crippen LogP contribution in [0.3, 0.4) is 0 Å². The second-order valence-electron chi connectivity index (χ2n) is 11.0. The molecule has 0 aliphatic rings. The number of nitrogens with zero attached hydrogens (tertiary/aromatic N) is 4. The SMILES string of the molecule is O=C(NCCCCNCCCNC(=O)c1ccc(NN=Cc2ccccc2S(=O)(=O)O)nc1)c1ccc(NN=Cc2ccccc2S(=O)(=O)O)nc1. The Morgan fingerprint density at radius 2 is 1.02 bits per heavy atom. The van der Waals surface area contributed by atoms with Gasteiger partial charge in [-0.05, 0) is 68.8 Å². The van der Waals surface area contributed by atoms with E-state index in [-0.39, 0.29) is 32.7 Å². The molecule has 0 aliphatic heterocycles. The molecule has 19 heteroatoms. The molecule has 4 rings (SSSR count). The van der Waals surface area contributed by atoms with Crippen molar-refractivity contribution in [3.05, 3.63) is 107 Å². The summed E-state index contributed by atoms with van der Waals surface area (Å²) in [5.74, 6) is 0.102. The summed E-state index contributed by atoms with van der Waals surface area (Å²) in [7, 11) is -8.79. The van der Waals surface area contributed by atoms with Gasteiger partial charge in [-0.1, -0.05) is 36.4 Å². The van der Waals surface area contributed by atoms with Gasteiger partial charge in [0.15, 0.2) is 0 Å². The Labute approximate surface area is 300 Å². The van der Waals surface area contributed by atoms with Crippen molar-refractivity contribution in [1.29, 1.82) is 0 Å². The van der Waals surface area contributed by atoms with Crippen molar-refractivity contribution in [3.63, 3.8) is 0 Å². The molecule has 7 N–H and O–H groups in total. The minimum Gasteiger partial charge on any atom is -0.352 e. The van der Waals surface area contributed by atoms with E-state index in [1.54, 1.807) is 36.4 Å². The summed E-state index contributed by atoms with van der Waals surface area (Å²) in [6.45, 7) is 2.36. The molecule has 0 spiro atoms. The van der Waals surface area contributed by atoms with E-state index in [1.807, 2.05) is 0 Å². The lowest BCUT2D eigenvalue weighted by atomic mass is 10.2. The van der Waals surface area contributed by atoms with Crippen molar-refractivity contribution < 1.29 is 35.5 Å². The number of rotatable bonds is 19. The first-order valence-corrected chi connectivity index (χ1v) is 18.7. The maximum atomic E-state index is 12.4. The van der Waals surface area contributed by atoms with Gasteiger partial charge in [0, 0.05) is 36.6 Å². The highest BCUT2D eigenvalue weighted by molar-refractivity contribution is 7.86. The van der Waals surface area contributed by atoms with Gasteiger partial charge in [0.05, 0.1) is 23.6 Å². The van der Waals surface area contributed by atoms with E-state index in [1.165, 1.54) is 61.2 Å². The molecule has 52 heavy (non-hydrogen) atoms. The van der Waals surface area contributed by atoms with Gasteiger partial charge in [0.1, 0.15) is 21.4 Å². The quantitative estimate of drug-likeness (QED) is 0.0315. The molecule has 0 atom stereocenters. The number of amides is 2. The molecule has 2 aromatic carbocycles. The predicted octanol–water partition coefficient (Wildman–Crippen LogP) is 2.78. The van der Waals surface area contributed by atoms with E-state index in [0.717, 1.165) is 19.4 Å². The Hall–Kier alpha value is -5.60. The zero-order chi connectivity index (χ0) is 37.4. The van der Waals surface area contributed by atoms with Crippen molar-refractivity contribution in [1.82, 2.24) is 25.9 Å². The number of aromatic nitrogens is 2.